The standard InChI is InChI=1S/C20H21ClN2O3/c1-14(24)26-17-9-11-23(12-10-17)19-8-3-2-7-18(19)22-20(25)15-5-4-6-16(21)13-15/h2-8,13,17H,9-12H2,1H3,(H,22,25). The SMILES string of the molecule is CC(=O)OC1CCN(c2ccccc2NC(=O)c2cccc(Cl)c2)CC1. The summed E-state index contributed by atoms with van der Waals surface area (Å²) in [5, 5.41) is 3.50. The Morgan fingerprint density at radius 1 is 1.12 bits per heavy atom. The third kappa shape index (κ3) is 4.55. The van der Waals surface area contributed by atoms with Crippen LogP contribution in [0.2, 0.25) is 5.02 Å². The maximum absolute atomic E-state index is 12.5. The Hall–Kier alpha value is -2.53. The second-order valence-electron chi connectivity index (χ2n) is 6.28. The van der Waals surface area contributed by atoms with Crippen molar-refractivity contribution in [3.63, 3.8) is 0 Å². The van der Waals surface area contributed by atoms with Crippen molar-refractivity contribution in [2.45, 2.75) is 25.9 Å². The number of carbonyl (C=O) groups excluding carboxylic acids is 2. The Kier molecular flexibility index (Phi) is 5.78. The smallest absolute Gasteiger partial charge is 0.302 e. The minimum atomic E-state index is -0.238. The van der Waals surface area contributed by atoms with E-state index in [1.807, 2.05) is 24.3 Å². The highest BCUT2D eigenvalue weighted by molar-refractivity contribution is 6.31. The number of halogens is 1. The Balaban J connectivity index is 1.71. The predicted molar refractivity (Wildman–Crippen MR) is 103 cm³/mol. The molecular formula is C20H21ClN2O3. The van der Waals surface area contributed by atoms with Crippen molar-refractivity contribution in [1.82, 2.24) is 0 Å². The van der Waals surface area contributed by atoms with Gasteiger partial charge < -0.3 is 15.0 Å². The summed E-state index contributed by atoms with van der Waals surface area (Å²) in [6.45, 7) is 2.97. The molecule has 6 heteroatoms. The minimum absolute atomic E-state index is 0.0306. The first-order valence-corrected chi connectivity index (χ1v) is 8.99. The van der Waals surface area contributed by atoms with Crippen molar-refractivity contribution >= 4 is 34.9 Å². The van der Waals surface area contributed by atoms with Crippen molar-refractivity contribution in [1.29, 1.82) is 0 Å². The number of rotatable bonds is 4. The topological polar surface area (TPSA) is 58.6 Å². The zero-order valence-electron chi connectivity index (χ0n) is 14.6. The van der Waals surface area contributed by atoms with E-state index in [0.29, 0.717) is 10.6 Å². The van der Waals surface area contributed by atoms with Gasteiger partial charge in [0.1, 0.15) is 6.10 Å². The lowest BCUT2D eigenvalue weighted by atomic mass is 10.1. The molecule has 1 heterocycles. The number of esters is 1. The van der Waals surface area contributed by atoms with Gasteiger partial charge in [-0.05, 0) is 30.3 Å². The highest BCUT2D eigenvalue weighted by Gasteiger charge is 2.23. The van der Waals surface area contributed by atoms with Crippen molar-refractivity contribution in [2.75, 3.05) is 23.3 Å². The average Bonchev–Trinajstić information content (AvgIpc) is 2.62. The number of amides is 1. The summed E-state index contributed by atoms with van der Waals surface area (Å²) in [6.07, 6.45) is 1.52. The maximum atomic E-state index is 12.5. The van der Waals surface area contributed by atoms with E-state index in [2.05, 4.69) is 10.2 Å². The largest absolute Gasteiger partial charge is 0.462 e. The summed E-state index contributed by atoms with van der Waals surface area (Å²) < 4.78 is 5.29. The maximum Gasteiger partial charge on any atom is 0.302 e. The van der Waals surface area contributed by atoms with Gasteiger partial charge in [0.05, 0.1) is 11.4 Å². The average molecular weight is 373 g/mol. The lowest BCUT2D eigenvalue weighted by Crippen LogP contribution is -2.38. The molecule has 2 aromatic rings. The van der Waals surface area contributed by atoms with E-state index in [1.54, 1.807) is 24.3 Å². The van der Waals surface area contributed by atoms with Gasteiger partial charge in [-0.15, -0.1) is 0 Å². The molecule has 26 heavy (non-hydrogen) atoms. The number of benzene rings is 2. The molecule has 1 N–H and O–H groups in total. The third-order valence-electron chi connectivity index (χ3n) is 4.35. The highest BCUT2D eigenvalue weighted by atomic mass is 35.5. The third-order valence-corrected chi connectivity index (χ3v) is 4.59. The summed E-state index contributed by atoms with van der Waals surface area (Å²) in [6, 6.07) is 14.6. The Morgan fingerprint density at radius 3 is 2.54 bits per heavy atom. The molecule has 5 nitrogen and oxygen atoms in total. The first kappa shape index (κ1) is 18.3. The van der Waals surface area contributed by atoms with Crippen molar-refractivity contribution in [3.05, 3.63) is 59.1 Å². The number of piperidine rings is 1. The fourth-order valence-corrected chi connectivity index (χ4v) is 3.32. The molecule has 3 rings (SSSR count). The van der Waals surface area contributed by atoms with Crippen LogP contribution in [0.1, 0.15) is 30.1 Å². The van der Waals surface area contributed by atoms with E-state index in [-0.39, 0.29) is 18.0 Å². The van der Waals surface area contributed by atoms with Crippen LogP contribution in [0.5, 0.6) is 0 Å². The van der Waals surface area contributed by atoms with Crippen LogP contribution in [-0.4, -0.2) is 31.1 Å². The second kappa shape index (κ2) is 8.23. The van der Waals surface area contributed by atoms with Gasteiger partial charge in [-0.3, -0.25) is 9.59 Å². The van der Waals surface area contributed by atoms with E-state index in [1.165, 1.54) is 6.92 Å². The first-order valence-electron chi connectivity index (χ1n) is 8.61. The molecule has 1 aliphatic heterocycles. The number of hydrogen-bond donors (Lipinski definition) is 1. The minimum Gasteiger partial charge on any atom is -0.462 e. The van der Waals surface area contributed by atoms with E-state index in [9.17, 15) is 9.59 Å². The molecule has 0 atom stereocenters. The Labute approximate surface area is 157 Å². The number of nitrogens with one attached hydrogen (secondary N) is 1. The Morgan fingerprint density at radius 2 is 1.85 bits per heavy atom. The van der Waals surface area contributed by atoms with Gasteiger partial charge in [0.15, 0.2) is 0 Å². The van der Waals surface area contributed by atoms with Crippen molar-refractivity contribution in [2.24, 2.45) is 0 Å². The number of ether oxygens (including phenoxy) is 1. The van der Waals surface area contributed by atoms with Gasteiger partial charge in [0, 0.05) is 43.4 Å². The molecule has 0 unspecified atom stereocenters. The fourth-order valence-electron chi connectivity index (χ4n) is 3.13. The van der Waals surface area contributed by atoms with E-state index < -0.39 is 0 Å². The van der Waals surface area contributed by atoms with Gasteiger partial charge in [-0.1, -0.05) is 29.8 Å². The van der Waals surface area contributed by atoms with Crippen LogP contribution in [0.15, 0.2) is 48.5 Å². The van der Waals surface area contributed by atoms with Gasteiger partial charge >= 0.3 is 5.97 Å². The van der Waals surface area contributed by atoms with Crippen LogP contribution in [0.25, 0.3) is 0 Å². The van der Waals surface area contributed by atoms with E-state index >= 15 is 0 Å². The summed E-state index contributed by atoms with van der Waals surface area (Å²) in [5.74, 6) is -0.438. The van der Waals surface area contributed by atoms with Gasteiger partial charge in [-0.25, -0.2) is 0 Å². The Bertz CT molecular complexity index is 801. The summed E-state index contributed by atoms with van der Waals surface area (Å²) in [7, 11) is 0. The quantitative estimate of drug-likeness (QED) is 0.820. The number of para-hydroxylation sites is 2. The molecule has 1 fully saturated rings. The van der Waals surface area contributed by atoms with Crippen LogP contribution in [-0.2, 0) is 9.53 Å². The molecule has 1 aliphatic rings. The second-order valence-corrected chi connectivity index (χ2v) is 6.71. The van der Waals surface area contributed by atoms with Crippen LogP contribution in [0.4, 0.5) is 11.4 Å². The molecule has 2 aromatic carbocycles. The van der Waals surface area contributed by atoms with Gasteiger partial charge in [0.2, 0.25) is 0 Å². The van der Waals surface area contributed by atoms with Crippen molar-refractivity contribution in [3.8, 4) is 0 Å². The zero-order chi connectivity index (χ0) is 18.5. The van der Waals surface area contributed by atoms with Crippen LogP contribution in [0, 0.1) is 0 Å². The normalized spacial score (nSPS) is 14.8. The molecule has 0 spiro atoms. The van der Waals surface area contributed by atoms with E-state index in [0.717, 1.165) is 37.3 Å². The molecule has 1 saturated heterocycles. The molecular weight excluding hydrogens is 352 g/mol. The lowest BCUT2D eigenvalue weighted by Gasteiger charge is -2.34. The number of anilines is 2. The fraction of sp³-hybridized carbons (Fsp3) is 0.300. The van der Waals surface area contributed by atoms with Gasteiger partial charge in [0.25, 0.3) is 5.91 Å². The molecule has 1 amide bonds. The number of hydrogen-bond acceptors (Lipinski definition) is 4. The van der Waals surface area contributed by atoms with Crippen LogP contribution < -0.4 is 10.2 Å². The highest BCUT2D eigenvalue weighted by Crippen LogP contribution is 2.29. The first-order chi connectivity index (χ1) is 12.5. The van der Waals surface area contributed by atoms with Crippen LogP contribution in [0.3, 0.4) is 0 Å². The lowest BCUT2D eigenvalue weighted by molar-refractivity contribution is -0.147. The molecule has 0 bridgehead atoms. The molecule has 0 saturated carbocycles. The summed E-state index contributed by atoms with van der Waals surface area (Å²) >= 11 is 5.97. The zero-order valence-corrected chi connectivity index (χ0v) is 15.3. The number of carbonyl (C=O) groups is 2. The molecule has 136 valence electrons. The van der Waals surface area contributed by atoms with E-state index in [4.69, 9.17) is 16.3 Å². The predicted octanol–water partition coefficient (Wildman–Crippen LogP) is 4.12. The molecule has 0 radical (unpaired) electrons. The molecule has 0 aliphatic carbocycles. The summed E-state index contributed by atoms with van der Waals surface area (Å²) in [4.78, 5) is 25.8. The molecule has 0 aromatic heterocycles. The number of nitrogens with zero attached hydrogens (tertiary/aromatic N) is 1. The van der Waals surface area contributed by atoms with Crippen molar-refractivity contribution < 1.29 is 14.3 Å². The van der Waals surface area contributed by atoms with Gasteiger partial charge in [-0.2, -0.15) is 0 Å². The van der Waals surface area contributed by atoms with Crippen LogP contribution >= 0.6 is 11.6 Å². The summed E-state index contributed by atoms with van der Waals surface area (Å²) in [5.41, 5.74) is 2.23. The monoisotopic (exact) mass is 372 g/mol.